The van der Waals surface area contributed by atoms with Crippen molar-refractivity contribution >= 4 is 0 Å². The van der Waals surface area contributed by atoms with E-state index < -0.39 is 0 Å². The molecule has 3 unspecified atom stereocenters. The van der Waals surface area contributed by atoms with E-state index in [1.54, 1.807) is 0 Å². The molecule has 3 atom stereocenters. The fraction of sp³-hybridized carbons (Fsp3) is 0.647. The third-order valence-electron chi connectivity index (χ3n) is 4.47. The molecule has 0 amide bonds. The van der Waals surface area contributed by atoms with Crippen molar-refractivity contribution in [1.82, 2.24) is 5.32 Å². The first-order chi connectivity index (χ1) is 9.10. The Morgan fingerprint density at radius 2 is 2.16 bits per heavy atom. The van der Waals surface area contributed by atoms with Crippen molar-refractivity contribution in [3.8, 4) is 0 Å². The van der Waals surface area contributed by atoms with Gasteiger partial charge in [-0.2, -0.15) is 0 Å². The van der Waals surface area contributed by atoms with Gasteiger partial charge in [-0.3, -0.25) is 0 Å². The van der Waals surface area contributed by atoms with Crippen molar-refractivity contribution in [2.45, 2.75) is 58.6 Å². The van der Waals surface area contributed by atoms with E-state index >= 15 is 0 Å². The Labute approximate surface area is 117 Å². The first kappa shape index (κ1) is 14.5. The highest BCUT2D eigenvalue weighted by Crippen LogP contribution is 2.27. The number of aliphatic hydroxyl groups is 1. The topological polar surface area (TPSA) is 32.3 Å². The lowest BCUT2D eigenvalue weighted by atomic mass is 9.86. The average molecular weight is 261 g/mol. The predicted octanol–water partition coefficient (Wildman–Crippen LogP) is 3.51. The minimum atomic E-state index is -0.339. The van der Waals surface area contributed by atoms with Crippen LogP contribution in [0.1, 0.15) is 55.4 Å². The van der Waals surface area contributed by atoms with E-state index in [0.29, 0.717) is 6.04 Å². The van der Waals surface area contributed by atoms with Crippen molar-refractivity contribution in [1.29, 1.82) is 0 Å². The third-order valence-corrected chi connectivity index (χ3v) is 4.47. The first-order valence-electron chi connectivity index (χ1n) is 7.58. The van der Waals surface area contributed by atoms with Crippen LogP contribution in [0.5, 0.6) is 0 Å². The molecular formula is C17H27NO. The molecule has 2 heteroatoms. The average Bonchev–Trinajstić information content (AvgIpc) is 2.38. The number of aryl methyl sites for hydroxylation is 2. The van der Waals surface area contributed by atoms with Gasteiger partial charge in [0, 0.05) is 6.04 Å². The number of benzene rings is 1. The highest BCUT2D eigenvalue weighted by atomic mass is 16.3. The van der Waals surface area contributed by atoms with Crippen LogP contribution in [0.25, 0.3) is 0 Å². The van der Waals surface area contributed by atoms with E-state index in [9.17, 15) is 5.11 Å². The Kier molecular flexibility index (Phi) is 5.00. The van der Waals surface area contributed by atoms with Gasteiger partial charge >= 0.3 is 0 Å². The van der Waals surface area contributed by atoms with Crippen LogP contribution in [0, 0.1) is 19.8 Å². The van der Waals surface area contributed by atoms with Gasteiger partial charge in [0.25, 0.3) is 0 Å². The minimum absolute atomic E-state index is 0.339. The fourth-order valence-electron chi connectivity index (χ4n) is 3.24. The summed E-state index contributed by atoms with van der Waals surface area (Å²) < 4.78 is 0. The lowest BCUT2D eigenvalue weighted by Crippen LogP contribution is -2.39. The van der Waals surface area contributed by atoms with Gasteiger partial charge in [-0.15, -0.1) is 0 Å². The zero-order chi connectivity index (χ0) is 13.8. The maximum atomic E-state index is 10.5. The van der Waals surface area contributed by atoms with Crippen LogP contribution >= 0.6 is 0 Å². The number of aliphatic hydroxyl groups excluding tert-OH is 1. The lowest BCUT2D eigenvalue weighted by Gasteiger charge is -2.31. The molecular weight excluding hydrogens is 234 g/mol. The summed E-state index contributed by atoms with van der Waals surface area (Å²) in [5.41, 5.74) is 3.55. The Hall–Kier alpha value is -0.860. The molecule has 1 fully saturated rings. The molecule has 2 rings (SSSR count). The van der Waals surface area contributed by atoms with Crippen molar-refractivity contribution in [2.75, 3.05) is 6.54 Å². The smallest absolute Gasteiger partial charge is 0.0807 e. The van der Waals surface area contributed by atoms with Gasteiger partial charge in [0.2, 0.25) is 0 Å². The highest BCUT2D eigenvalue weighted by molar-refractivity contribution is 5.32. The second-order valence-corrected chi connectivity index (χ2v) is 6.06. The second-order valence-electron chi connectivity index (χ2n) is 6.06. The molecule has 1 aliphatic rings. The molecule has 1 saturated heterocycles. The molecule has 0 radical (unpaired) electrons. The van der Waals surface area contributed by atoms with E-state index in [0.717, 1.165) is 24.4 Å². The first-order valence-corrected chi connectivity index (χ1v) is 7.58. The molecule has 106 valence electrons. The van der Waals surface area contributed by atoms with Gasteiger partial charge in [0.05, 0.1) is 6.10 Å². The van der Waals surface area contributed by atoms with Crippen molar-refractivity contribution < 1.29 is 5.11 Å². The third kappa shape index (κ3) is 3.80. The van der Waals surface area contributed by atoms with Crippen LogP contribution in [0.2, 0.25) is 0 Å². The normalized spacial score (nSPS) is 25.3. The molecule has 0 aromatic heterocycles. The molecule has 1 aliphatic heterocycles. The zero-order valence-electron chi connectivity index (χ0n) is 12.4. The molecule has 0 spiro atoms. The lowest BCUT2D eigenvalue weighted by molar-refractivity contribution is 0.135. The number of rotatable bonds is 4. The Morgan fingerprint density at radius 1 is 1.37 bits per heavy atom. The van der Waals surface area contributed by atoms with Crippen molar-refractivity contribution in [3.05, 3.63) is 34.9 Å². The van der Waals surface area contributed by atoms with Crippen LogP contribution in [-0.2, 0) is 0 Å². The van der Waals surface area contributed by atoms with Crippen LogP contribution in [0.3, 0.4) is 0 Å². The van der Waals surface area contributed by atoms with Crippen LogP contribution in [-0.4, -0.2) is 17.7 Å². The molecule has 1 heterocycles. The SMILES string of the molecule is CCC1CCNC(CC(O)c2ccc(C)cc2C)C1. The number of nitrogens with one attached hydrogen (secondary N) is 1. The fourth-order valence-corrected chi connectivity index (χ4v) is 3.24. The Bertz CT molecular complexity index is 416. The van der Waals surface area contributed by atoms with Gasteiger partial charge in [-0.05, 0) is 56.7 Å². The summed E-state index contributed by atoms with van der Waals surface area (Å²) in [6, 6.07) is 6.79. The van der Waals surface area contributed by atoms with Crippen LogP contribution in [0.15, 0.2) is 18.2 Å². The van der Waals surface area contributed by atoms with Crippen molar-refractivity contribution in [2.24, 2.45) is 5.92 Å². The molecule has 1 aromatic rings. The van der Waals surface area contributed by atoms with Crippen molar-refractivity contribution in [3.63, 3.8) is 0 Å². The number of hydrogen-bond donors (Lipinski definition) is 2. The van der Waals surface area contributed by atoms with E-state index in [1.807, 2.05) is 0 Å². The summed E-state index contributed by atoms with van der Waals surface area (Å²) in [5.74, 6) is 0.831. The largest absolute Gasteiger partial charge is 0.388 e. The monoisotopic (exact) mass is 261 g/mol. The summed E-state index contributed by atoms with van der Waals surface area (Å²) in [6.45, 7) is 7.56. The summed E-state index contributed by atoms with van der Waals surface area (Å²) in [7, 11) is 0. The van der Waals surface area contributed by atoms with Gasteiger partial charge < -0.3 is 10.4 Å². The summed E-state index contributed by atoms with van der Waals surface area (Å²) in [6.07, 6.45) is 4.25. The maximum absolute atomic E-state index is 10.5. The highest BCUT2D eigenvalue weighted by Gasteiger charge is 2.23. The standard InChI is InChI=1S/C17H27NO/c1-4-14-7-8-18-15(10-14)11-17(19)16-6-5-12(2)9-13(16)3/h5-6,9,14-15,17-19H,4,7-8,10-11H2,1-3H3. The maximum Gasteiger partial charge on any atom is 0.0807 e. The van der Waals surface area contributed by atoms with Gasteiger partial charge in [0.1, 0.15) is 0 Å². The molecule has 1 aromatic carbocycles. The molecule has 2 N–H and O–H groups in total. The van der Waals surface area contributed by atoms with Gasteiger partial charge in [-0.25, -0.2) is 0 Å². The Balaban J connectivity index is 1.98. The van der Waals surface area contributed by atoms with Gasteiger partial charge in [-0.1, -0.05) is 37.1 Å². The zero-order valence-corrected chi connectivity index (χ0v) is 12.4. The van der Waals surface area contributed by atoms with Crippen LogP contribution in [0.4, 0.5) is 0 Å². The van der Waals surface area contributed by atoms with E-state index in [1.165, 1.54) is 30.4 Å². The van der Waals surface area contributed by atoms with Crippen LogP contribution < -0.4 is 5.32 Å². The number of piperidine rings is 1. The van der Waals surface area contributed by atoms with E-state index in [4.69, 9.17) is 0 Å². The molecule has 19 heavy (non-hydrogen) atoms. The van der Waals surface area contributed by atoms with Gasteiger partial charge in [0.15, 0.2) is 0 Å². The number of hydrogen-bond acceptors (Lipinski definition) is 2. The van der Waals surface area contributed by atoms with E-state index in [2.05, 4.69) is 44.3 Å². The second kappa shape index (κ2) is 6.53. The Morgan fingerprint density at radius 3 is 2.84 bits per heavy atom. The summed E-state index contributed by atoms with van der Waals surface area (Å²) >= 11 is 0. The molecule has 0 saturated carbocycles. The van der Waals surface area contributed by atoms with E-state index in [-0.39, 0.29) is 6.10 Å². The molecule has 0 aliphatic carbocycles. The minimum Gasteiger partial charge on any atom is -0.388 e. The quantitative estimate of drug-likeness (QED) is 0.869. The summed E-state index contributed by atoms with van der Waals surface area (Å²) in [4.78, 5) is 0. The predicted molar refractivity (Wildman–Crippen MR) is 80.3 cm³/mol. The molecule has 0 bridgehead atoms. The summed E-state index contributed by atoms with van der Waals surface area (Å²) in [5, 5.41) is 14.0. The molecule has 2 nitrogen and oxygen atoms in total.